The van der Waals surface area contributed by atoms with Crippen LogP contribution in [0.1, 0.15) is 38.5 Å². The Labute approximate surface area is 116 Å². The molecule has 3 rings (SSSR count). The molecule has 0 spiro atoms. The third kappa shape index (κ3) is 4.32. The van der Waals surface area contributed by atoms with E-state index in [0.29, 0.717) is 0 Å². The molecule has 2 heterocycles. The van der Waals surface area contributed by atoms with Crippen molar-refractivity contribution in [2.45, 2.75) is 57.2 Å². The van der Waals surface area contributed by atoms with Crippen molar-refractivity contribution in [3.63, 3.8) is 0 Å². The maximum absolute atomic E-state index is 4.08. The summed E-state index contributed by atoms with van der Waals surface area (Å²) in [7, 11) is 0. The van der Waals surface area contributed by atoms with Crippen molar-refractivity contribution >= 4 is 0 Å². The lowest BCUT2D eigenvalue weighted by Crippen LogP contribution is -2.46. The van der Waals surface area contributed by atoms with Crippen LogP contribution in [-0.2, 0) is 6.54 Å². The molecule has 0 bridgehead atoms. The number of aryl methyl sites for hydroxylation is 1. The lowest BCUT2D eigenvalue weighted by atomic mass is 10.1. The van der Waals surface area contributed by atoms with Crippen LogP contribution >= 0.6 is 0 Å². The highest BCUT2D eigenvalue weighted by Crippen LogP contribution is 2.22. The number of nitrogens with one attached hydrogen (secondary N) is 1. The van der Waals surface area contributed by atoms with E-state index in [2.05, 4.69) is 26.0 Å². The third-order valence-electron chi connectivity index (χ3n) is 4.25. The SMILES string of the molecule is c1cn(CCCCN2CCCC(NC3CC3)C2)cn1. The van der Waals surface area contributed by atoms with Gasteiger partial charge in [-0.2, -0.15) is 0 Å². The van der Waals surface area contributed by atoms with Gasteiger partial charge in [0.2, 0.25) is 0 Å². The summed E-state index contributed by atoms with van der Waals surface area (Å²) in [6, 6.07) is 1.61. The lowest BCUT2D eigenvalue weighted by molar-refractivity contribution is 0.186. The van der Waals surface area contributed by atoms with Gasteiger partial charge in [0, 0.05) is 37.6 Å². The normalized spacial score (nSPS) is 24.7. The second-order valence-electron chi connectivity index (χ2n) is 6.09. The van der Waals surface area contributed by atoms with Gasteiger partial charge >= 0.3 is 0 Å². The number of piperidine rings is 1. The Hall–Kier alpha value is -0.870. The second-order valence-corrected chi connectivity index (χ2v) is 6.09. The summed E-state index contributed by atoms with van der Waals surface area (Å²) < 4.78 is 2.17. The monoisotopic (exact) mass is 262 g/mol. The fraction of sp³-hybridized carbons (Fsp3) is 0.800. The molecule has 4 heteroatoms. The molecule has 106 valence electrons. The standard InChI is InChI=1S/C15H26N4/c1(2-9-19-11-7-16-13-19)8-18-10-3-4-15(12-18)17-14-5-6-14/h7,11,13-15,17H,1-6,8-10,12H2. The van der Waals surface area contributed by atoms with Crippen LogP contribution in [0.15, 0.2) is 18.7 Å². The molecular weight excluding hydrogens is 236 g/mol. The molecule has 0 amide bonds. The Morgan fingerprint density at radius 3 is 2.79 bits per heavy atom. The molecule has 1 saturated carbocycles. The highest BCUT2D eigenvalue weighted by Gasteiger charge is 2.27. The van der Waals surface area contributed by atoms with Gasteiger partial charge in [-0.15, -0.1) is 0 Å². The van der Waals surface area contributed by atoms with Crippen LogP contribution in [0.2, 0.25) is 0 Å². The molecule has 1 aliphatic heterocycles. The molecule has 1 aromatic heterocycles. The van der Waals surface area contributed by atoms with Crippen LogP contribution < -0.4 is 5.32 Å². The summed E-state index contributed by atoms with van der Waals surface area (Å²) >= 11 is 0. The lowest BCUT2D eigenvalue weighted by Gasteiger charge is -2.33. The van der Waals surface area contributed by atoms with E-state index >= 15 is 0 Å². The molecule has 0 radical (unpaired) electrons. The van der Waals surface area contributed by atoms with E-state index in [1.54, 1.807) is 0 Å². The molecule has 1 N–H and O–H groups in total. The van der Waals surface area contributed by atoms with E-state index in [9.17, 15) is 0 Å². The summed E-state index contributed by atoms with van der Waals surface area (Å²) in [5.41, 5.74) is 0. The number of nitrogens with zero attached hydrogens (tertiary/aromatic N) is 3. The van der Waals surface area contributed by atoms with Gasteiger partial charge in [-0.25, -0.2) is 4.98 Å². The minimum absolute atomic E-state index is 0.759. The Kier molecular flexibility index (Phi) is 4.51. The summed E-state index contributed by atoms with van der Waals surface area (Å²) in [6.45, 7) is 4.94. The van der Waals surface area contributed by atoms with E-state index in [4.69, 9.17) is 0 Å². The number of rotatable bonds is 7. The van der Waals surface area contributed by atoms with Crippen molar-refractivity contribution in [2.24, 2.45) is 0 Å². The van der Waals surface area contributed by atoms with Gasteiger partial charge in [0.15, 0.2) is 0 Å². The number of likely N-dealkylation sites (tertiary alicyclic amines) is 1. The molecule has 0 aromatic carbocycles. The van der Waals surface area contributed by atoms with Crippen molar-refractivity contribution < 1.29 is 0 Å². The van der Waals surface area contributed by atoms with Crippen molar-refractivity contribution in [1.29, 1.82) is 0 Å². The Morgan fingerprint density at radius 2 is 2.00 bits per heavy atom. The van der Waals surface area contributed by atoms with Gasteiger partial charge in [0.1, 0.15) is 0 Å². The largest absolute Gasteiger partial charge is 0.337 e. The summed E-state index contributed by atoms with van der Waals surface area (Å²) in [6.07, 6.45) is 13.9. The predicted molar refractivity (Wildman–Crippen MR) is 77.1 cm³/mol. The van der Waals surface area contributed by atoms with E-state index in [1.807, 2.05) is 12.5 Å². The topological polar surface area (TPSA) is 33.1 Å². The Balaban J connectivity index is 1.30. The van der Waals surface area contributed by atoms with Gasteiger partial charge in [-0.1, -0.05) is 0 Å². The van der Waals surface area contributed by atoms with Crippen molar-refractivity contribution in [2.75, 3.05) is 19.6 Å². The maximum atomic E-state index is 4.08. The number of imidazole rings is 1. The minimum atomic E-state index is 0.759. The van der Waals surface area contributed by atoms with Crippen LogP contribution in [0.5, 0.6) is 0 Å². The maximum Gasteiger partial charge on any atom is 0.0945 e. The molecule has 1 aromatic rings. The zero-order valence-corrected chi connectivity index (χ0v) is 11.8. The molecule has 1 unspecified atom stereocenters. The zero-order valence-electron chi connectivity index (χ0n) is 11.8. The first-order valence-electron chi connectivity index (χ1n) is 7.84. The smallest absolute Gasteiger partial charge is 0.0945 e. The van der Waals surface area contributed by atoms with E-state index in [1.165, 1.54) is 58.2 Å². The number of unbranched alkanes of at least 4 members (excludes halogenated alkanes) is 1. The average Bonchev–Trinajstić information content (AvgIpc) is 3.08. The van der Waals surface area contributed by atoms with E-state index in [0.717, 1.165) is 18.6 Å². The summed E-state index contributed by atoms with van der Waals surface area (Å²) in [5.74, 6) is 0. The van der Waals surface area contributed by atoms with Crippen molar-refractivity contribution in [1.82, 2.24) is 19.8 Å². The predicted octanol–water partition coefficient (Wildman–Crippen LogP) is 1.88. The molecular formula is C15H26N4. The molecule has 2 fully saturated rings. The second kappa shape index (κ2) is 6.53. The van der Waals surface area contributed by atoms with Gasteiger partial charge < -0.3 is 14.8 Å². The van der Waals surface area contributed by atoms with Gasteiger partial charge in [-0.3, -0.25) is 0 Å². The first kappa shape index (κ1) is 13.1. The Bertz CT molecular complexity index is 358. The Morgan fingerprint density at radius 1 is 1.11 bits per heavy atom. The number of aromatic nitrogens is 2. The van der Waals surface area contributed by atoms with Crippen LogP contribution in [0.3, 0.4) is 0 Å². The quantitative estimate of drug-likeness (QED) is 0.762. The zero-order chi connectivity index (χ0) is 12.9. The summed E-state index contributed by atoms with van der Waals surface area (Å²) in [4.78, 5) is 6.73. The van der Waals surface area contributed by atoms with Gasteiger partial charge in [0.25, 0.3) is 0 Å². The summed E-state index contributed by atoms with van der Waals surface area (Å²) in [5, 5.41) is 3.78. The molecule has 1 aliphatic carbocycles. The number of hydrogen-bond donors (Lipinski definition) is 1. The van der Waals surface area contributed by atoms with Crippen LogP contribution in [-0.4, -0.2) is 46.2 Å². The van der Waals surface area contributed by atoms with Gasteiger partial charge in [-0.05, 0) is 51.6 Å². The van der Waals surface area contributed by atoms with Crippen LogP contribution in [0.25, 0.3) is 0 Å². The van der Waals surface area contributed by atoms with Crippen LogP contribution in [0.4, 0.5) is 0 Å². The minimum Gasteiger partial charge on any atom is -0.337 e. The first-order valence-corrected chi connectivity index (χ1v) is 7.84. The first-order chi connectivity index (χ1) is 9.40. The van der Waals surface area contributed by atoms with Crippen molar-refractivity contribution in [3.05, 3.63) is 18.7 Å². The fourth-order valence-electron chi connectivity index (χ4n) is 3.03. The van der Waals surface area contributed by atoms with E-state index < -0.39 is 0 Å². The van der Waals surface area contributed by atoms with Crippen molar-refractivity contribution in [3.8, 4) is 0 Å². The molecule has 1 saturated heterocycles. The molecule has 2 aliphatic rings. The number of hydrogen-bond acceptors (Lipinski definition) is 3. The third-order valence-corrected chi connectivity index (χ3v) is 4.25. The molecule has 4 nitrogen and oxygen atoms in total. The van der Waals surface area contributed by atoms with Crippen LogP contribution in [0, 0.1) is 0 Å². The van der Waals surface area contributed by atoms with E-state index in [-0.39, 0.29) is 0 Å². The van der Waals surface area contributed by atoms with Gasteiger partial charge in [0.05, 0.1) is 6.33 Å². The molecule has 19 heavy (non-hydrogen) atoms. The highest BCUT2D eigenvalue weighted by molar-refractivity contribution is 4.88. The molecule has 1 atom stereocenters. The average molecular weight is 262 g/mol. The highest BCUT2D eigenvalue weighted by atomic mass is 15.2. The fourth-order valence-corrected chi connectivity index (χ4v) is 3.03.